The van der Waals surface area contributed by atoms with Crippen LogP contribution in [-0.2, 0) is 0 Å². The molecule has 0 aliphatic heterocycles. The van der Waals surface area contributed by atoms with Crippen LogP contribution in [0, 0.1) is 0 Å². The lowest BCUT2D eigenvalue weighted by atomic mass is 10.2. The second-order valence-corrected chi connectivity index (χ2v) is 2.18. The number of allylic oxidation sites excluding steroid dienone is 3. The monoisotopic (exact) mass is 146 g/mol. The largest absolute Gasteiger partial charge is 0.245 e. The van der Waals surface area contributed by atoms with Gasteiger partial charge in [-0.15, -0.1) is 0 Å². The van der Waals surface area contributed by atoms with Gasteiger partial charge in [0.2, 0.25) is 0 Å². The van der Waals surface area contributed by atoms with Crippen LogP contribution < -0.4 is 0 Å². The Morgan fingerprint density at radius 1 is 1.64 bits per heavy atom. The zero-order valence-electron chi connectivity index (χ0n) is 6.49. The van der Waals surface area contributed by atoms with Gasteiger partial charge in [0.05, 0.1) is 5.69 Å². The molecule has 0 aromatic carbocycles. The van der Waals surface area contributed by atoms with Crippen LogP contribution >= 0.6 is 0 Å². The van der Waals surface area contributed by atoms with Crippen LogP contribution in [-0.4, -0.2) is 9.97 Å². The van der Waals surface area contributed by atoms with Crippen LogP contribution in [0.2, 0.25) is 0 Å². The fourth-order valence-electron chi connectivity index (χ4n) is 0.786. The summed E-state index contributed by atoms with van der Waals surface area (Å²) in [6.45, 7) is 5.60. The van der Waals surface area contributed by atoms with Gasteiger partial charge in [0.25, 0.3) is 0 Å². The third-order valence-corrected chi connectivity index (χ3v) is 1.35. The molecule has 0 radical (unpaired) electrons. The number of aromatic nitrogens is 2. The molecular formula is C9H10N2. The van der Waals surface area contributed by atoms with Gasteiger partial charge in [-0.3, -0.25) is 0 Å². The normalized spacial score (nSPS) is 11.2. The molecule has 1 aromatic heterocycles. The Morgan fingerprint density at radius 2 is 2.45 bits per heavy atom. The van der Waals surface area contributed by atoms with Gasteiger partial charge in [-0.05, 0) is 18.6 Å². The topological polar surface area (TPSA) is 25.8 Å². The highest BCUT2D eigenvalue weighted by Crippen LogP contribution is 2.07. The van der Waals surface area contributed by atoms with E-state index in [4.69, 9.17) is 0 Å². The first-order chi connectivity index (χ1) is 5.34. The number of hydrogen-bond donors (Lipinski definition) is 0. The van der Waals surface area contributed by atoms with E-state index in [0.29, 0.717) is 0 Å². The quantitative estimate of drug-likeness (QED) is 0.597. The first-order valence-electron chi connectivity index (χ1n) is 3.40. The van der Waals surface area contributed by atoms with Gasteiger partial charge in [0.15, 0.2) is 0 Å². The Balaban J connectivity index is 2.94. The molecule has 0 spiro atoms. The van der Waals surface area contributed by atoms with E-state index in [1.807, 2.05) is 19.1 Å². The molecule has 0 saturated carbocycles. The fraction of sp³-hybridized carbons (Fsp3) is 0.111. The summed E-state index contributed by atoms with van der Waals surface area (Å²) in [5.74, 6) is 0. The number of rotatable bonds is 2. The van der Waals surface area contributed by atoms with Crippen molar-refractivity contribution in [2.45, 2.75) is 6.92 Å². The lowest BCUT2D eigenvalue weighted by Gasteiger charge is -1.95. The molecule has 0 saturated heterocycles. The molecule has 56 valence electrons. The van der Waals surface area contributed by atoms with E-state index in [-0.39, 0.29) is 0 Å². The Labute approximate surface area is 66.3 Å². The zero-order chi connectivity index (χ0) is 8.10. The maximum Gasteiger partial charge on any atom is 0.116 e. The van der Waals surface area contributed by atoms with Gasteiger partial charge in [0.1, 0.15) is 6.33 Å². The van der Waals surface area contributed by atoms with E-state index in [1.54, 1.807) is 12.3 Å². The maximum absolute atomic E-state index is 4.07. The molecule has 0 aliphatic rings. The van der Waals surface area contributed by atoms with Crippen molar-refractivity contribution in [3.05, 3.63) is 43.0 Å². The standard InChI is InChI=1S/C9H10N2/c1-3-4-8(2)9-5-6-10-7-11-9/h3-7H,1H2,2H3/b8-4+. The minimum Gasteiger partial charge on any atom is -0.245 e. The van der Waals surface area contributed by atoms with Crippen LogP contribution in [0.1, 0.15) is 12.6 Å². The lowest BCUT2D eigenvalue weighted by molar-refractivity contribution is 1.14. The molecular weight excluding hydrogens is 136 g/mol. The van der Waals surface area contributed by atoms with Crippen molar-refractivity contribution in [3.8, 4) is 0 Å². The van der Waals surface area contributed by atoms with Crippen molar-refractivity contribution < 1.29 is 0 Å². The van der Waals surface area contributed by atoms with Crippen molar-refractivity contribution in [2.24, 2.45) is 0 Å². The second-order valence-electron chi connectivity index (χ2n) is 2.18. The minimum atomic E-state index is 0.944. The van der Waals surface area contributed by atoms with Gasteiger partial charge in [-0.25, -0.2) is 9.97 Å². The summed E-state index contributed by atoms with van der Waals surface area (Å²) >= 11 is 0. The molecule has 0 bridgehead atoms. The SMILES string of the molecule is C=C/C=C(\C)c1ccncn1. The highest BCUT2D eigenvalue weighted by molar-refractivity contribution is 5.61. The van der Waals surface area contributed by atoms with E-state index >= 15 is 0 Å². The van der Waals surface area contributed by atoms with E-state index < -0.39 is 0 Å². The predicted octanol–water partition coefficient (Wildman–Crippen LogP) is 2.07. The molecule has 0 atom stereocenters. The predicted molar refractivity (Wildman–Crippen MR) is 45.9 cm³/mol. The molecule has 1 aromatic rings. The van der Waals surface area contributed by atoms with Gasteiger partial charge in [0, 0.05) is 6.20 Å². The number of hydrogen-bond acceptors (Lipinski definition) is 2. The molecule has 2 heteroatoms. The third-order valence-electron chi connectivity index (χ3n) is 1.35. The average Bonchev–Trinajstić information content (AvgIpc) is 2.07. The van der Waals surface area contributed by atoms with Crippen molar-refractivity contribution in [1.29, 1.82) is 0 Å². The summed E-state index contributed by atoms with van der Waals surface area (Å²) in [4.78, 5) is 7.89. The van der Waals surface area contributed by atoms with E-state index in [9.17, 15) is 0 Å². The third kappa shape index (κ3) is 2.00. The highest BCUT2D eigenvalue weighted by atomic mass is 14.8. The molecule has 0 fully saturated rings. The van der Waals surface area contributed by atoms with Gasteiger partial charge >= 0.3 is 0 Å². The number of nitrogens with zero attached hydrogens (tertiary/aromatic N) is 2. The molecule has 11 heavy (non-hydrogen) atoms. The van der Waals surface area contributed by atoms with Crippen molar-refractivity contribution in [1.82, 2.24) is 9.97 Å². The molecule has 0 N–H and O–H groups in total. The Hall–Kier alpha value is -1.44. The molecule has 1 rings (SSSR count). The highest BCUT2D eigenvalue weighted by Gasteiger charge is 1.92. The van der Waals surface area contributed by atoms with E-state index in [1.165, 1.54) is 6.33 Å². The molecule has 0 amide bonds. The van der Waals surface area contributed by atoms with Crippen LogP contribution in [0.3, 0.4) is 0 Å². The molecule has 0 aliphatic carbocycles. The summed E-state index contributed by atoms with van der Waals surface area (Å²) in [6, 6.07) is 1.87. The minimum absolute atomic E-state index is 0.944. The smallest absolute Gasteiger partial charge is 0.116 e. The Kier molecular flexibility index (Phi) is 2.55. The fourth-order valence-corrected chi connectivity index (χ4v) is 0.786. The molecule has 0 unspecified atom stereocenters. The Morgan fingerprint density at radius 3 is 3.00 bits per heavy atom. The summed E-state index contributed by atoms with van der Waals surface area (Å²) in [6.07, 6.45) is 6.93. The Bertz CT molecular complexity index is 262. The summed E-state index contributed by atoms with van der Waals surface area (Å²) in [5.41, 5.74) is 2.04. The zero-order valence-corrected chi connectivity index (χ0v) is 6.49. The average molecular weight is 146 g/mol. The lowest BCUT2D eigenvalue weighted by Crippen LogP contribution is -1.84. The van der Waals surface area contributed by atoms with Crippen molar-refractivity contribution in [3.63, 3.8) is 0 Å². The van der Waals surface area contributed by atoms with Crippen LogP contribution in [0.15, 0.2) is 37.3 Å². The van der Waals surface area contributed by atoms with Crippen molar-refractivity contribution >= 4 is 5.57 Å². The molecule has 2 nitrogen and oxygen atoms in total. The first-order valence-corrected chi connectivity index (χ1v) is 3.40. The van der Waals surface area contributed by atoms with Gasteiger partial charge in [-0.2, -0.15) is 0 Å². The van der Waals surface area contributed by atoms with Gasteiger partial charge in [-0.1, -0.05) is 18.7 Å². The summed E-state index contributed by atoms with van der Waals surface area (Å²) in [7, 11) is 0. The van der Waals surface area contributed by atoms with Gasteiger partial charge < -0.3 is 0 Å². The second kappa shape index (κ2) is 3.66. The first kappa shape index (κ1) is 7.66. The van der Waals surface area contributed by atoms with Crippen LogP contribution in [0.4, 0.5) is 0 Å². The van der Waals surface area contributed by atoms with Crippen LogP contribution in [0.25, 0.3) is 5.57 Å². The summed E-state index contributed by atoms with van der Waals surface area (Å²) < 4.78 is 0. The van der Waals surface area contributed by atoms with E-state index in [2.05, 4.69) is 16.5 Å². The molecule has 1 heterocycles. The van der Waals surface area contributed by atoms with E-state index in [0.717, 1.165) is 11.3 Å². The summed E-state index contributed by atoms with van der Waals surface area (Å²) in [5, 5.41) is 0. The van der Waals surface area contributed by atoms with Crippen LogP contribution in [0.5, 0.6) is 0 Å². The maximum atomic E-state index is 4.07. The van der Waals surface area contributed by atoms with Crippen molar-refractivity contribution in [2.75, 3.05) is 0 Å².